The molecule has 0 bridgehead atoms. The molecule has 6 nitrogen and oxygen atoms in total. The van der Waals surface area contributed by atoms with E-state index in [0.717, 1.165) is 47.1 Å². The van der Waals surface area contributed by atoms with Gasteiger partial charge < -0.3 is 9.64 Å². The van der Waals surface area contributed by atoms with Crippen molar-refractivity contribution in [2.24, 2.45) is 0 Å². The number of likely N-dealkylation sites (tertiary alicyclic amines) is 1. The van der Waals surface area contributed by atoms with Crippen molar-refractivity contribution in [1.82, 2.24) is 14.7 Å². The number of rotatable bonds is 5. The van der Waals surface area contributed by atoms with Gasteiger partial charge in [0.1, 0.15) is 0 Å². The Bertz CT molecular complexity index is 1360. The smallest absolute Gasteiger partial charge is 0.358 e. The van der Waals surface area contributed by atoms with Gasteiger partial charge in [0, 0.05) is 23.7 Å². The lowest BCUT2D eigenvalue weighted by Gasteiger charge is -2.21. The molecule has 4 aromatic rings. The number of carbonyl (C=O) groups is 2. The molecule has 0 spiro atoms. The Morgan fingerprint density at radius 2 is 1.76 bits per heavy atom. The van der Waals surface area contributed by atoms with Gasteiger partial charge in [-0.3, -0.25) is 4.79 Å². The van der Waals surface area contributed by atoms with Gasteiger partial charge in [0.05, 0.1) is 18.0 Å². The van der Waals surface area contributed by atoms with E-state index >= 15 is 0 Å². The highest BCUT2D eigenvalue weighted by molar-refractivity contribution is 5.95. The predicted octanol–water partition coefficient (Wildman–Crippen LogP) is 5.49. The summed E-state index contributed by atoms with van der Waals surface area (Å²) in [6.07, 6.45) is 2.09. The second-order valence-corrected chi connectivity index (χ2v) is 8.65. The van der Waals surface area contributed by atoms with E-state index in [1.807, 2.05) is 47.4 Å². The molecule has 1 aromatic heterocycles. The van der Waals surface area contributed by atoms with E-state index in [-0.39, 0.29) is 24.2 Å². The van der Waals surface area contributed by atoms with Gasteiger partial charge in [-0.2, -0.15) is 5.10 Å². The number of benzene rings is 3. The van der Waals surface area contributed by atoms with Crippen LogP contribution in [0.5, 0.6) is 0 Å². The van der Waals surface area contributed by atoms with Crippen molar-refractivity contribution >= 4 is 22.6 Å². The minimum absolute atomic E-state index is 0.0546. The number of fused-ring (bicyclic) bond motifs is 1. The van der Waals surface area contributed by atoms with Crippen molar-refractivity contribution in [2.75, 3.05) is 13.2 Å². The Morgan fingerprint density at radius 3 is 2.47 bits per heavy atom. The number of hydrogen-bond donors (Lipinski definition) is 0. The first-order valence-electron chi connectivity index (χ1n) is 11.7. The molecule has 1 saturated heterocycles. The fraction of sp³-hybridized carbons (Fsp3) is 0.250. The van der Waals surface area contributed by atoms with Crippen LogP contribution in [0.25, 0.3) is 27.7 Å². The number of esters is 1. The molecular weight excluding hydrogens is 426 g/mol. The normalized spacial score (nSPS) is 15.6. The van der Waals surface area contributed by atoms with Gasteiger partial charge >= 0.3 is 5.97 Å². The zero-order valence-corrected chi connectivity index (χ0v) is 19.4. The summed E-state index contributed by atoms with van der Waals surface area (Å²) in [5, 5.41) is 6.81. The van der Waals surface area contributed by atoms with Gasteiger partial charge in [-0.1, -0.05) is 36.4 Å². The number of carbonyl (C=O) groups excluding carboxylic acids is 2. The molecule has 2 heterocycles. The van der Waals surface area contributed by atoms with Crippen LogP contribution in [0.1, 0.15) is 47.5 Å². The van der Waals surface area contributed by atoms with Gasteiger partial charge in [-0.15, -0.1) is 0 Å². The molecule has 1 fully saturated rings. The van der Waals surface area contributed by atoms with Crippen molar-refractivity contribution in [3.63, 3.8) is 0 Å². The van der Waals surface area contributed by atoms with Gasteiger partial charge in [0.25, 0.3) is 5.91 Å². The number of amides is 1. The van der Waals surface area contributed by atoms with E-state index in [9.17, 15) is 9.59 Å². The molecule has 0 N–H and O–H groups in total. The highest BCUT2D eigenvalue weighted by atomic mass is 16.5. The third kappa shape index (κ3) is 4.07. The van der Waals surface area contributed by atoms with Crippen LogP contribution in [-0.4, -0.2) is 45.8 Å². The summed E-state index contributed by atoms with van der Waals surface area (Å²) in [5.41, 5.74) is 3.39. The molecule has 3 aromatic carbocycles. The largest absolute Gasteiger partial charge is 0.461 e. The molecule has 6 heteroatoms. The first-order valence-corrected chi connectivity index (χ1v) is 11.7. The lowest BCUT2D eigenvalue weighted by Crippen LogP contribution is -2.33. The maximum atomic E-state index is 12.9. The van der Waals surface area contributed by atoms with E-state index in [4.69, 9.17) is 4.74 Å². The van der Waals surface area contributed by atoms with E-state index in [1.54, 1.807) is 17.7 Å². The van der Waals surface area contributed by atoms with Crippen LogP contribution in [0.2, 0.25) is 0 Å². The summed E-state index contributed by atoms with van der Waals surface area (Å²) >= 11 is 0. The molecule has 1 atom stereocenters. The number of aromatic nitrogens is 2. The van der Waals surface area contributed by atoms with Gasteiger partial charge in [-0.05, 0) is 73.9 Å². The Hall–Kier alpha value is -3.93. The summed E-state index contributed by atoms with van der Waals surface area (Å²) in [6.45, 7) is 4.95. The van der Waals surface area contributed by atoms with Crippen molar-refractivity contribution < 1.29 is 14.3 Å². The van der Waals surface area contributed by atoms with Crippen LogP contribution in [0.3, 0.4) is 0 Å². The molecule has 1 aliphatic heterocycles. The monoisotopic (exact) mass is 453 g/mol. The molecule has 5 rings (SSSR count). The summed E-state index contributed by atoms with van der Waals surface area (Å²) in [4.78, 5) is 27.3. The molecular formula is C28H27N3O3. The molecule has 0 unspecified atom stereocenters. The van der Waals surface area contributed by atoms with E-state index in [0.29, 0.717) is 5.56 Å². The van der Waals surface area contributed by atoms with E-state index in [2.05, 4.69) is 36.3 Å². The van der Waals surface area contributed by atoms with Crippen LogP contribution in [0.15, 0.2) is 72.8 Å². The minimum atomic E-state index is -0.460. The molecule has 172 valence electrons. The molecule has 34 heavy (non-hydrogen) atoms. The molecule has 1 amide bonds. The van der Waals surface area contributed by atoms with E-state index < -0.39 is 5.97 Å². The zero-order chi connectivity index (χ0) is 23.7. The molecule has 0 radical (unpaired) electrons. The second-order valence-electron chi connectivity index (χ2n) is 8.65. The molecule has 1 aliphatic rings. The van der Waals surface area contributed by atoms with Crippen LogP contribution >= 0.6 is 0 Å². The van der Waals surface area contributed by atoms with Crippen LogP contribution in [0, 0.1) is 0 Å². The minimum Gasteiger partial charge on any atom is -0.461 e. The van der Waals surface area contributed by atoms with Gasteiger partial charge in [-0.25, -0.2) is 9.48 Å². The average molecular weight is 454 g/mol. The summed E-state index contributed by atoms with van der Waals surface area (Å²) in [7, 11) is 0. The fourth-order valence-corrected chi connectivity index (χ4v) is 4.58. The van der Waals surface area contributed by atoms with Gasteiger partial charge in [0.15, 0.2) is 5.69 Å². The van der Waals surface area contributed by atoms with Crippen molar-refractivity contribution in [3.8, 4) is 16.9 Å². The van der Waals surface area contributed by atoms with Crippen LogP contribution in [0.4, 0.5) is 0 Å². The lowest BCUT2D eigenvalue weighted by molar-refractivity contribution is 0.0518. The fourth-order valence-electron chi connectivity index (χ4n) is 4.58. The van der Waals surface area contributed by atoms with Crippen LogP contribution in [-0.2, 0) is 4.74 Å². The maximum Gasteiger partial charge on any atom is 0.358 e. The third-order valence-corrected chi connectivity index (χ3v) is 6.41. The molecule has 0 aliphatic carbocycles. The standard InChI is InChI=1S/C28H27N3O3/c1-3-34-28(33)25-18-26(23-11-10-20-8-4-5-9-22(20)17-23)31(29-25)24-14-12-21(13-15-24)27(32)30-16-6-7-19(30)2/h4-5,8-15,17-19H,3,6-7,16H2,1-2H3/t19-/m1/s1. The Balaban J connectivity index is 1.54. The summed E-state index contributed by atoms with van der Waals surface area (Å²) < 4.78 is 6.93. The Kier molecular flexibility index (Phi) is 5.88. The zero-order valence-electron chi connectivity index (χ0n) is 19.4. The van der Waals surface area contributed by atoms with Crippen molar-refractivity contribution in [1.29, 1.82) is 0 Å². The summed E-state index contributed by atoms with van der Waals surface area (Å²) in [5.74, 6) is -0.405. The Labute approximate surface area is 198 Å². The Morgan fingerprint density at radius 1 is 1.00 bits per heavy atom. The summed E-state index contributed by atoms with van der Waals surface area (Å²) in [6, 6.07) is 23.8. The maximum absolute atomic E-state index is 12.9. The first kappa shape index (κ1) is 21.9. The second kappa shape index (κ2) is 9.14. The van der Waals surface area contributed by atoms with Crippen molar-refractivity contribution in [2.45, 2.75) is 32.7 Å². The third-order valence-electron chi connectivity index (χ3n) is 6.41. The highest BCUT2D eigenvalue weighted by Gasteiger charge is 2.26. The lowest BCUT2D eigenvalue weighted by atomic mass is 10.0. The topological polar surface area (TPSA) is 64.4 Å². The highest BCUT2D eigenvalue weighted by Crippen LogP contribution is 2.28. The number of nitrogens with zero attached hydrogens (tertiary/aromatic N) is 3. The quantitative estimate of drug-likeness (QED) is 0.375. The SMILES string of the molecule is CCOC(=O)c1cc(-c2ccc3ccccc3c2)n(-c2ccc(C(=O)N3CCC[C@H]3C)cc2)n1. The average Bonchev–Trinajstić information content (AvgIpc) is 3.50. The number of hydrogen-bond acceptors (Lipinski definition) is 4. The predicted molar refractivity (Wildman–Crippen MR) is 132 cm³/mol. The van der Waals surface area contributed by atoms with Gasteiger partial charge in [0.2, 0.25) is 0 Å². The van der Waals surface area contributed by atoms with E-state index in [1.165, 1.54) is 0 Å². The number of ether oxygens (including phenoxy) is 1. The first-order chi connectivity index (χ1) is 16.5. The van der Waals surface area contributed by atoms with Crippen LogP contribution < -0.4 is 0 Å². The van der Waals surface area contributed by atoms with Crippen molar-refractivity contribution in [3.05, 3.63) is 84.1 Å². The molecule has 0 saturated carbocycles.